The Bertz CT molecular complexity index is 247. The Balaban J connectivity index is 2.93. The van der Waals surface area contributed by atoms with Crippen LogP contribution >= 0.6 is 0 Å². The lowest BCUT2D eigenvalue weighted by atomic mass is 10.4. The first-order valence-electron chi connectivity index (χ1n) is 2.82. The van der Waals surface area contributed by atoms with Crippen molar-refractivity contribution in [3.8, 4) is 11.9 Å². The molecule has 0 amide bonds. The van der Waals surface area contributed by atoms with Gasteiger partial charge >= 0.3 is 6.19 Å². The first-order valence-corrected chi connectivity index (χ1v) is 2.82. The summed E-state index contributed by atoms with van der Waals surface area (Å²) in [6.45, 7) is 0. The van der Waals surface area contributed by atoms with Crippen LogP contribution in [0.4, 0.5) is 0 Å². The fourth-order valence-corrected chi connectivity index (χ4v) is 0.616. The number of pyridine rings is 1. The summed E-state index contributed by atoms with van der Waals surface area (Å²) < 4.78 is 6.28. The zero-order chi connectivity index (χ0) is 7.40. The molecule has 0 unspecified atom stereocenters. The number of methoxy groups -OCH3 is 1. The van der Waals surface area contributed by atoms with Crippen molar-refractivity contribution in [3.63, 3.8) is 0 Å². The van der Waals surface area contributed by atoms with Crippen molar-refractivity contribution in [1.29, 1.82) is 5.26 Å². The van der Waals surface area contributed by atoms with Gasteiger partial charge in [0.15, 0.2) is 5.26 Å². The van der Waals surface area contributed by atoms with Gasteiger partial charge in [0.1, 0.15) is 18.1 Å². The molecule has 3 nitrogen and oxygen atoms in total. The molecule has 0 N–H and O–H groups in total. The average molecular weight is 135 g/mol. The number of hydrogen-bond donors (Lipinski definition) is 0. The lowest BCUT2D eigenvalue weighted by Crippen LogP contribution is -2.25. The molecule has 0 spiro atoms. The van der Waals surface area contributed by atoms with Crippen LogP contribution in [0.25, 0.3) is 0 Å². The summed E-state index contributed by atoms with van der Waals surface area (Å²) >= 11 is 0. The molecular formula is C7H7N2O+. The molecule has 1 aromatic rings. The van der Waals surface area contributed by atoms with E-state index in [1.807, 2.05) is 6.19 Å². The Hall–Kier alpha value is -1.56. The van der Waals surface area contributed by atoms with E-state index in [2.05, 4.69) is 0 Å². The third kappa shape index (κ3) is 1.23. The fourth-order valence-electron chi connectivity index (χ4n) is 0.616. The van der Waals surface area contributed by atoms with Crippen LogP contribution in [0.15, 0.2) is 24.5 Å². The second kappa shape index (κ2) is 2.83. The first kappa shape index (κ1) is 6.56. The lowest BCUT2D eigenvalue weighted by molar-refractivity contribution is -0.586. The number of hydrogen-bond acceptors (Lipinski definition) is 2. The molecule has 0 saturated heterocycles. The standard InChI is InChI=1S/C7H7N2O/c1-10-7-2-4-9(6-8)5-3-7/h2-5H,1H3/q+1. The predicted octanol–water partition coefficient (Wildman–Crippen LogP) is 0.312. The van der Waals surface area contributed by atoms with E-state index in [0.29, 0.717) is 0 Å². The maximum absolute atomic E-state index is 8.37. The molecule has 0 aliphatic carbocycles. The van der Waals surface area contributed by atoms with Crippen LogP contribution in [-0.2, 0) is 0 Å². The Morgan fingerprint density at radius 2 is 2.10 bits per heavy atom. The molecule has 0 aromatic carbocycles. The van der Waals surface area contributed by atoms with Crippen LogP contribution in [0.2, 0.25) is 0 Å². The second-order valence-corrected chi connectivity index (χ2v) is 1.75. The molecule has 0 radical (unpaired) electrons. The van der Waals surface area contributed by atoms with Crippen molar-refractivity contribution in [2.24, 2.45) is 0 Å². The van der Waals surface area contributed by atoms with E-state index in [9.17, 15) is 0 Å². The van der Waals surface area contributed by atoms with E-state index in [4.69, 9.17) is 10.00 Å². The highest BCUT2D eigenvalue weighted by Crippen LogP contribution is 2.02. The summed E-state index contributed by atoms with van der Waals surface area (Å²) in [5.41, 5.74) is 0. The molecule has 0 saturated carbocycles. The van der Waals surface area contributed by atoms with Gasteiger partial charge in [0, 0.05) is 12.1 Å². The van der Waals surface area contributed by atoms with Crippen LogP contribution in [0.5, 0.6) is 5.75 Å². The minimum atomic E-state index is 0.756. The van der Waals surface area contributed by atoms with Gasteiger partial charge in [0.05, 0.1) is 7.11 Å². The number of nitriles is 1. The Morgan fingerprint density at radius 3 is 2.50 bits per heavy atom. The third-order valence-electron chi connectivity index (χ3n) is 1.15. The van der Waals surface area contributed by atoms with E-state index in [0.717, 1.165) is 5.75 Å². The number of nitrogens with zero attached hydrogens (tertiary/aromatic N) is 2. The van der Waals surface area contributed by atoms with Crippen LogP contribution < -0.4 is 9.30 Å². The molecule has 0 atom stereocenters. The molecule has 0 fully saturated rings. The molecule has 1 rings (SSSR count). The summed E-state index contributed by atoms with van der Waals surface area (Å²) in [7, 11) is 1.59. The van der Waals surface area contributed by atoms with Gasteiger partial charge in [-0.05, 0) is 0 Å². The average Bonchev–Trinajstić information content (AvgIpc) is 2.05. The molecule has 0 aliphatic rings. The molecule has 1 heterocycles. The molecule has 0 bridgehead atoms. The van der Waals surface area contributed by atoms with Gasteiger partial charge in [-0.25, -0.2) is 0 Å². The molecule has 50 valence electrons. The maximum Gasteiger partial charge on any atom is 0.463 e. The molecular weight excluding hydrogens is 128 g/mol. The summed E-state index contributed by atoms with van der Waals surface area (Å²) in [5, 5.41) is 8.37. The monoisotopic (exact) mass is 135 g/mol. The van der Waals surface area contributed by atoms with Crippen molar-refractivity contribution in [1.82, 2.24) is 0 Å². The van der Waals surface area contributed by atoms with Crippen molar-refractivity contribution in [2.45, 2.75) is 0 Å². The molecule has 3 heteroatoms. The highest BCUT2D eigenvalue weighted by Gasteiger charge is 1.93. The Labute approximate surface area is 59.1 Å². The third-order valence-corrected chi connectivity index (χ3v) is 1.15. The lowest BCUT2D eigenvalue weighted by Gasteiger charge is -1.94. The number of ether oxygens (including phenoxy) is 1. The van der Waals surface area contributed by atoms with Crippen molar-refractivity contribution >= 4 is 0 Å². The highest BCUT2D eigenvalue weighted by molar-refractivity contribution is 5.14. The van der Waals surface area contributed by atoms with Gasteiger partial charge in [-0.2, -0.15) is 0 Å². The van der Waals surface area contributed by atoms with Gasteiger partial charge in [-0.1, -0.05) is 0 Å². The fraction of sp³-hybridized carbons (Fsp3) is 0.143. The van der Waals surface area contributed by atoms with Gasteiger partial charge in [-0.3, -0.25) is 0 Å². The smallest absolute Gasteiger partial charge is 0.463 e. The first-order chi connectivity index (χ1) is 4.86. The Kier molecular flexibility index (Phi) is 1.86. The largest absolute Gasteiger partial charge is 0.496 e. The van der Waals surface area contributed by atoms with Gasteiger partial charge in [0.2, 0.25) is 0 Å². The zero-order valence-electron chi connectivity index (χ0n) is 5.61. The summed E-state index contributed by atoms with van der Waals surface area (Å²) in [6, 6.07) is 3.45. The van der Waals surface area contributed by atoms with Crippen LogP contribution in [-0.4, -0.2) is 7.11 Å². The molecule has 0 aliphatic heterocycles. The summed E-state index contributed by atoms with van der Waals surface area (Å²) in [4.78, 5) is 0. The summed E-state index contributed by atoms with van der Waals surface area (Å²) in [5.74, 6) is 0.756. The van der Waals surface area contributed by atoms with E-state index >= 15 is 0 Å². The van der Waals surface area contributed by atoms with Crippen molar-refractivity contribution in [2.75, 3.05) is 7.11 Å². The second-order valence-electron chi connectivity index (χ2n) is 1.75. The van der Waals surface area contributed by atoms with Gasteiger partial charge < -0.3 is 4.74 Å². The van der Waals surface area contributed by atoms with E-state index in [1.165, 1.54) is 4.57 Å². The minimum absolute atomic E-state index is 0.756. The number of aromatic nitrogens is 1. The van der Waals surface area contributed by atoms with E-state index < -0.39 is 0 Å². The van der Waals surface area contributed by atoms with Crippen LogP contribution in [0.1, 0.15) is 0 Å². The molecule has 10 heavy (non-hydrogen) atoms. The zero-order valence-corrected chi connectivity index (χ0v) is 5.61. The predicted molar refractivity (Wildman–Crippen MR) is 34.2 cm³/mol. The van der Waals surface area contributed by atoms with Crippen molar-refractivity contribution < 1.29 is 9.30 Å². The quantitative estimate of drug-likeness (QED) is 0.520. The summed E-state index contributed by atoms with van der Waals surface area (Å²) in [6.07, 6.45) is 5.21. The topological polar surface area (TPSA) is 36.9 Å². The van der Waals surface area contributed by atoms with E-state index in [-0.39, 0.29) is 0 Å². The highest BCUT2D eigenvalue weighted by atomic mass is 16.5. The van der Waals surface area contributed by atoms with Gasteiger partial charge in [-0.15, -0.1) is 4.57 Å². The Morgan fingerprint density at radius 1 is 1.50 bits per heavy atom. The number of rotatable bonds is 1. The maximum atomic E-state index is 8.37. The van der Waals surface area contributed by atoms with Crippen molar-refractivity contribution in [3.05, 3.63) is 24.5 Å². The normalized spacial score (nSPS) is 8.40. The minimum Gasteiger partial charge on any atom is -0.496 e. The molecule has 1 aromatic heterocycles. The SMILES string of the molecule is COc1cc[n+](C#N)cc1. The van der Waals surface area contributed by atoms with Crippen LogP contribution in [0, 0.1) is 11.5 Å². The van der Waals surface area contributed by atoms with Crippen LogP contribution in [0.3, 0.4) is 0 Å². The van der Waals surface area contributed by atoms with E-state index in [1.54, 1.807) is 31.6 Å². The van der Waals surface area contributed by atoms with Gasteiger partial charge in [0.25, 0.3) is 0 Å².